The number of hydrogen-bond donors (Lipinski definition) is 2. The Morgan fingerprint density at radius 2 is 2.09 bits per heavy atom. The number of ether oxygens (including phenoxy) is 1. The van der Waals surface area contributed by atoms with Crippen molar-refractivity contribution in [3.8, 4) is 5.75 Å². The van der Waals surface area contributed by atoms with E-state index in [1.165, 1.54) is 11.3 Å². The third-order valence-corrected chi connectivity index (χ3v) is 4.14. The van der Waals surface area contributed by atoms with Crippen LogP contribution in [0.25, 0.3) is 0 Å². The fourth-order valence-electron chi connectivity index (χ4n) is 1.99. The van der Waals surface area contributed by atoms with Gasteiger partial charge in [-0.1, -0.05) is 19.1 Å². The first kappa shape index (κ1) is 17.0. The number of carbonyl (C=O) groups is 2. The minimum absolute atomic E-state index is 0.108. The second-order valence-corrected chi connectivity index (χ2v) is 6.19. The summed E-state index contributed by atoms with van der Waals surface area (Å²) in [5, 5.41) is 11.7. The maximum Gasteiger partial charge on any atom is 0.345 e. The molecule has 1 heterocycles. The molecule has 1 aromatic carbocycles. The number of amides is 1. The minimum atomic E-state index is -0.948. The molecule has 0 aliphatic carbocycles. The Hall–Kier alpha value is -2.34. The quantitative estimate of drug-likeness (QED) is 0.778. The first-order chi connectivity index (χ1) is 11.1. The second-order valence-electron chi connectivity index (χ2n) is 5.02. The first-order valence-electron chi connectivity index (χ1n) is 7.39. The van der Waals surface area contributed by atoms with Gasteiger partial charge in [-0.05, 0) is 36.2 Å². The van der Waals surface area contributed by atoms with E-state index in [-0.39, 0.29) is 17.2 Å². The molecule has 0 aliphatic heterocycles. The Balaban J connectivity index is 1.85. The van der Waals surface area contributed by atoms with Crippen molar-refractivity contribution in [2.45, 2.75) is 26.3 Å². The van der Waals surface area contributed by atoms with E-state index < -0.39 is 5.97 Å². The minimum Gasteiger partial charge on any atom is -0.494 e. The zero-order chi connectivity index (χ0) is 16.7. The second kappa shape index (κ2) is 8.33. The van der Waals surface area contributed by atoms with Gasteiger partial charge in [0.2, 0.25) is 5.91 Å². The summed E-state index contributed by atoms with van der Waals surface area (Å²) in [6, 6.07) is 10.7. The van der Waals surface area contributed by atoms with Gasteiger partial charge in [-0.2, -0.15) is 0 Å². The zero-order valence-corrected chi connectivity index (χ0v) is 13.7. The Morgan fingerprint density at radius 3 is 2.78 bits per heavy atom. The van der Waals surface area contributed by atoms with E-state index in [0.717, 1.165) is 22.6 Å². The van der Waals surface area contributed by atoms with Gasteiger partial charge in [0.25, 0.3) is 0 Å². The average molecular weight is 333 g/mol. The molecule has 1 aromatic heterocycles. The highest BCUT2D eigenvalue weighted by Crippen LogP contribution is 2.17. The summed E-state index contributed by atoms with van der Waals surface area (Å²) in [6.45, 7) is 3.03. The van der Waals surface area contributed by atoms with Crippen LogP contribution in [0.15, 0.2) is 36.4 Å². The lowest BCUT2D eigenvalue weighted by Crippen LogP contribution is -2.24. The molecule has 1 amide bonds. The number of rotatable bonds is 8. The molecule has 0 radical (unpaired) electrons. The van der Waals surface area contributed by atoms with E-state index in [1.54, 1.807) is 12.1 Å². The highest BCUT2D eigenvalue weighted by molar-refractivity contribution is 7.13. The Kier molecular flexibility index (Phi) is 6.17. The van der Waals surface area contributed by atoms with Gasteiger partial charge in [0, 0.05) is 4.88 Å². The number of carboxylic acid groups (broad SMARTS) is 1. The molecule has 0 unspecified atom stereocenters. The third-order valence-electron chi connectivity index (χ3n) is 3.07. The average Bonchev–Trinajstić information content (AvgIpc) is 3.00. The highest BCUT2D eigenvalue weighted by atomic mass is 32.1. The van der Waals surface area contributed by atoms with Crippen LogP contribution in [0.5, 0.6) is 5.75 Å². The largest absolute Gasteiger partial charge is 0.494 e. The molecule has 0 fully saturated rings. The van der Waals surface area contributed by atoms with E-state index in [9.17, 15) is 9.59 Å². The zero-order valence-electron chi connectivity index (χ0n) is 12.9. The smallest absolute Gasteiger partial charge is 0.345 e. The molecule has 23 heavy (non-hydrogen) atoms. The molecule has 2 aromatic rings. The molecule has 122 valence electrons. The van der Waals surface area contributed by atoms with Gasteiger partial charge in [-0.25, -0.2) is 4.79 Å². The van der Waals surface area contributed by atoms with Crippen molar-refractivity contribution in [3.63, 3.8) is 0 Å². The van der Waals surface area contributed by atoms with E-state index in [4.69, 9.17) is 9.84 Å². The predicted octanol–water partition coefficient (Wildman–Crippen LogP) is 3.09. The van der Waals surface area contributed by atoms with Crippen LogP contribution in [0.2, 0.25) is 0 Å². The number of aromatic carboxylic acids is 1. The number of nitrogens with one attached hydrogen (secondary N) is 1. The van der Waals surface area contributed by atoms with Crippen LogP contribution < -0.4 is 10.1 Å². The fraction of sp³-hybridized carbons (Fsp3) is 0.294. The number of carbonyl (C=O) groups excluding carboxylic acids is 1. The molecular formula is C17H19NO4S. The number of carboxylic acids is 1. The SMILES string of the molecule is CCCOc1cccc(CC(=O)NCc2ccc(C(=O)O)s2)c1. The highest BCUT2D eigenvalue weighted by Gasteiger charge is 2.09. The van der Waals surface area contributed by atoms with Crippen molar-refractivity contribution in [1.82, 2.24) is 5.32 Å². The van der Waals surface area contributed by atoms with Crippen LogP contribution in [0.4, 0.5) is 0 Å². The molecule has 6 heteroatoms. The lowest BCUT2D eigenvalue weighted by molar-refractivity contribution is -0.120. The van der Waals surface area contributed by atoms with Crippen LogP contribution in [-0.2, 0) is 17.8 Å². The predicted molar refractivity (Wildman–Crippen MR) is 89.1 cm³/mol. The van der Waals surface area contributed by atoms with Gasteiger partial charge in [0.1, 0.15) is 10.6 Å². The standard InChI is InChI=1S/C17H19NO4S/c1-2-8-22-13-5-3-4-12(9-13)10-16(19)18-11-14-6-7-15(23-14)17(20)21/h3-7,9H,2,8,10-11H2,1H3,(H,18,19)(H,20,21). The van der Waals surface area contributed by atoms with E-state index in [2.05, 4.69) is 5.32 Å². The van der Waals surface area contributed by atoms with Crippen molar-refractivity contribution in [2.24, 2.45) is 0 Å². The normalized spacial score (nSPS) is 10.3. The van der Waals surface area contributed by atoms with Crippen molar-refractivity contribution in [3.05, 3.63) is 51.7 Å². The number of hydrogen-bond acceptors (Lipinski definition) is 4. The summed E-state index contributed by atoms with van der Waals surface area (Å²) >= 11 is 1.17. The van der Waals surface area contributed by atoms with Crippen LogP contribution in [-0.4, -0.2) is 23.6 Å². The monoisotopic (exact) mass is 333 g/mol. The Bertz CT molecular complexity index is 681. The first-order valence-corrected chi connectivity index (χ1v) is 8.20. The van der Waals surface area contributed by atoms with Crippen LogP contribution in [0.3, 0.4) is 0 Å². The molecule has 2 N–H and O–H groups in total. The lowest BCUT2D eigenvalue weighted by Gasteiger charge is -2.07. The summed E-state index contributed by atoms with van der Waals surface area (Å²) in [5.74, 6) is -0.291. The van der Waals surface area contributed by atoms with E-state index in [0.29, 0.717) is 13.2 Å². The van der Waals surface area contributed by atoms with Crippen molar-refractivity contribution < 1.29 is 19.4 Å². The number of benzene rings is 1. The molecule has 5 nitrogen and oxygen atoms in total. The summed E-state index contributed by atoms with van der Waals surface area (Å²) in [7, 11) is 0. The Morgan fingerprint density at radius 1 is 1.26 bits per heavy atom. The van der Waals surface area contributed by atoms with Crippen LogP contribution in [0, 0.1) is 0 Å². The summed E-state index contributed by atoms with van der Waals surface area (Å²) in [6.07, 6.45) is 1.20. The Labute approximate surface area is 138 Å². The summed E-state index contributed by atoms with van der Waals surface area (Å²) in [5.41, 5.74) is 0.883. The molecular weight excluding hydrogens is 314 g/mol. The third kappa shape index (κ3) is 5.41. The maximum absolute atomic E-state index is 12.0. The lowest BCUT2D eigenvalue weighted by atomic mass is 10.1. The fourth-order valence-corrected chi connectivity index (χ4v) is 2.77. The van der Waals surface area contributed by atoms with Crippen LogP contribution >= 0.6 is 11.3 Å². The molecule has 0 saturated heterocycles. The number of thiophene rings is 1. The molecule has 0 aliphatic rings. The van der Waals surface area contributed by atoms with E-state index in [1.807, 2.05) is 31.2 Å². The topological polar surface area (TPSA) is 75.6 Å². The van der Waals surface area contributed by atoms with Crippen molar-refractivity contribution in [1.29, 1.82) is 0 Å². The molecule has 0 spiro atoms. The van der Waals surface area contributed by atoms with Gasteiger partial charge in [-0.15, -0.1) is 11.3 Å². The van der Waals surface area contributed by atoms with Crippen molar-refractivity contribution >= 4 is 23.2 Å². The molecule has 0 saturated carbocycles. The van der Waals surface area contributed by atoms with E-state index >= 15 is 0 Å². The van der Waals surface area contributed by atoms with Gasteiger partial charge < -0.3 is 15.2 Å². The summed E-state index contributed by atoms with van der Waals surface area (Å²) < 4.78 is 5.55. The van der Waals surface area contributed by atoms with Crippen LogP contribution in [0.1, 0.15) is 33.5 Å². The van der Waals surface area contributed by atoms with Gasteiger partial charge in [0.05, 0.1) is 19.6 Å². The summed E-state index contributed by atoms with van der Waals surface area (Å²) in [4.78, 5) is 23.9. The molecule has 0 bridgehead atoms. The van der Waals surface area contributed by atoms with Gasteiger partial charge in [-0.3, -0.25) is 4.79 Å². The van der Waals surface area contributed by atoms with Gasteiger partial charge in [0.15, 0.2) is 0 Å². The maximum atomic E-state index is 12.0. The molecule has 0 atom stereocenters. The van der Waals surface area contributed by atoms with Crippen molar-refractivity contribution in [2.75, 3.05) is 6.61 Å². The van der Waals surface area contributed by atoms with Gasteiger partial charge >= 0.3 is 5.97 Å². The molecule has 2 rings (SSSR count).